The van der Waals surface area contributed by atoms with Crippen LogP contribution >= 0.6 is 0 Å². The van der Waals surface area contributed by atoms with E-state index in [1.807, 2.05) is 0 Å². The maximum atomic E-state index is 6.71. The number of hydrogen-bond acceptors (Lipinski definition) is 3. The third kappa shape index (κ3) is 7.92. The van der Waals surface area contributed by atoms with Crippen LogP contribution in [0.1, 0.15) is 128 Å². The van der Waals surface area contributed by atoms with Gasteiger partial charge in [0.15, 0.2) is 0 Å². The van der Waals surface area contributed by atoms with Gasteiger partial charge in [0.1, 0.15) is 11.2 Å². The minimum absolute atomic E-state index is 0.00100. The largest absolute Gasteiger partial charge is 0.455 e. The molecular formula is C74H74BN3O. The zero-order chi connectivity index (χ0) is 55.6. The molecule has 5 heteroatoms. The molecule has 394 valence electrons. The number of hydrogen-bond donors (Lipinski definition) is 0. The molecule has 0 spiro atoms. The number of aryl methyl sites for hydroxylation is 4. The highest BCUT2D eigenvalue weighted by Gasteiger charge is 2.46. The van der Waals surface area contributed by atoms with Crippen molar-refractivity contribution >= 4 is 101 Å². The summed E-state index contributed by atoms with van der Waals surface area (Å²) in [4.78, 5) is 5.36. The minimum atomic E-state index is -0.181. The van der Waals surface area contributed by atoms with Crippen LogP contribution in [0.2, 0.25) is 0 Å². The number of para-hydroxylation sites is 3. The summed E-state index contributed by atoms with van der Waals surface area (Å²) in [6.45, 7) is 37.4. The average molecular weight is 1030 g/mol. The number of benzene rings is 9. The molecule has 2 aliphatic heterocycles. The van der Waals surface area contributed by atoms with Gasteiger partial charge in [0.05, 0.1) is 22.4 Å². The molecule has 0 radical (unpaired) electrons. The van der Waals surface area contributed by atoms with E-state index in [0.29, 0.717) is 0 Å². The molecule has 0 unspecified atom stereocenters. The van der Waals surface area contributed by atoms with Crippen LogP contribution in [0, 0.1) is 27.7 Å². The van der Waals surface area contributed by atoms with E-state index in [1.165, 1.54) is 117 Å². The van der Waals surface area contributed by atoms with Gasteiger partial charge in [-0.1, -0.05) is 180 Å². The monoisotopic (exact) mass is 1030 g/mol. The standard InChI is InChI=1S/C74H74BN3O/c1-43-33-47(53-26-22-27-56-55-25-20-21-28-66(55)79-70(53)56)34-44(2)68(43)78-63-42-61-57(54-31-29-48(71(5,6)7)37-60(54)76(61)52-23-18-17-19-24-52)41-59(63)75-58-32-30-49(72(8,9)10)38-62(58)77(64-39-51(74(14,15)16)40-65(78)67(64)75)69-45(3)35-50(36-46(69)4)73(11,12)13/h17-42H,1-16H3. The lowest BCUT2D eigenvalue weighted by atomic mass is 9.33. The highest BCUT2D eigenvalue weighted by Crippen LogP contribution is 2.51. The van der Waals surface area contributed by atoms with Crippen molar-refractivity contribution in [2.24, 2.45) is 0 Å². The fraction of sp³-hybridized carbons (Fsp3) is 0.270. The van der Waals surface area contributed by atoms with E-state index in [9.17, 15) is 0 Å². The second kappa shape index (κ2) is 17.4. The lowest BCUT2D eigenvalue weighted by Gasteiger charge is -2.46. The van der Waals surface area contributed by atoms with Gasteiger partial charge in [-0.3, -0.25) is 0 Å². The molecule has 0 atom stereocenters. The normalized spacial score (nSPS) is 13.7. The SMILES string of the molecule is Cc1cc(C(C)(C)C)cc(C)c1N1c2cc(C(C)(C)C)ccc2B2c3cc4c5ccc(C(C)(C)C)cc5n(-c5ccccc5)c4cc3N(c3c(C)cc(-c4cccc5c4oc4ccccc45)cc3C)c3cc(C(C)(C)C)cc1c32. The smallest absolute Gasteiger partial charge is 0.252 e. The second-order valence-corrected chi connectivity index (χ2v) is 27.3. The summed E-state index contributed by atoms with van der Waals surface area (Å²) >= 11 is 0. The zero-order valence-corrected chi connectivity index (χ0v) is 49.3. The predicted octanol–water partition coefficient (Wildman–Crippen LogP) is 18.9. The molecular weight excluding hydrogens is 958 g/mol. The van der Waals surface area contributed by atoms with Crippen molar-refractivity contribution in [3.05, 3.63) is 202 Å². The average Bonchev–Trinajstić information content (AvgIpc) is 3.99. The first kappa shape index (κ1) is 50.7. The fourth-order valence-electron chi connectivity index (χ4n) is 13.4. The van der Waals surface area contributed by atoms with E-state index in [-0.39, 0.29) is 28.4 Å². The van der Waals surface area contributed by atoms with E-state index < -0.39 is 0 Å². The number of rotatable bonds is 4. The molecule has 0 bridgehead atoms. The quantitative estimate of drug-likeness (QED) is 0.164. The van der Waals surface area contributed by atoms with Crippen LogP contribution in [0.15, 0.2) is 162 Å². The van der Waals surface area contributed by atoms with Gasteiger partial charge in [-0.05, 0) is 176 Å². The number of anilines is 6. The van der Waals surface area contributed by atoms with E-state index >= 15 is 0 Å². The van der Waals surface area contributed by atoms with Gasteiger partial charge in [0.2, 0.25) is 0 Å². The molecule has 9 aromatic carbocycles. The molecule has 79 heavy (non-hydrogen) atoms. The Labute approximate surface area is 468 Å². The Morgan fingerprint density at radius 1 is 0.380 bits per heavy atom. The summed E-state index contributed by atoms with van der Waals surface area (Å²) in [5.74, 6) is 0. The number of nitrogens with zero attached hydrogens (tertiary/aromatic N) is 3. The number of aromatic nitrogens is 1. The molecule has 0 saturated heterocycles. The summed E-state index contributed by atoms with van der Waals surface area (Å²) in [6, 6.07) is 60.7. The Kier molecular flexibility index (Phi) is 11.2. The predicted molar refractivity (Wildman–Crippen MR) is 341 cm³/mol. The first-order chi connectivity index (χ1) is 37.4. The van der Waals surface area contributed by atoms with Crippen LogP contribution in [-0.4, -0.2) is 11.3 Å². The Hall–Kier alpha value is -7.76. The zero-order valence-electron chi connectivity index (χ0n) is 49.3. The highest BCUT2D eigenvalue weighted by atomic mass is 16.3. The van der Waals surface area contributed by atoms with Gasteiger partial charge in [0, 0.05) is 55.5 Å². The molecule has 0 amide bonds. The van der Waals surface area contributed by atoms with E-state index in [4.69, 9.17) is 4.42 Å². The molecule has 11 aromatic rings. The fourth-order valence-corrected chi connectivity index (χ4v) is 13.4. The van der Waals surface area contributed by atoms with Crippen LogP contribution in [0.4, 0.5) is 34.1 Å². The van der Waals surface area contributed by atoms with Gasteiger partial charge < -0.3 is 18.8 Å². The molecule has 2 aromatic heterocycles. The Morgan fingerprint density at radius 2 is 0.886 bits per heavy atom. The van der Waals surface area contributed by atoms with Crippen LogP contribution in [0.5, 0.6) is 0 Å². The van der Waals surface area contributed by atoms with Gasteiger partial charge in [-0.15, -0.1) is 0 Å². The van der Waals surface area contributed by atoms with E-state index in [0.717, 1.165) is 38.8 Å². The number of furan rings is 1. The number of fused-ring (bicyclic) bond motifs is 10. The topological polar surface area (TPSA) is 24.6 Å². The van der Waals surface area contributed by atoms with Crippen LogP contribution in [0.3, 0.4) is 0 Å². The van der Waals surface area contributed by atoms with Gasteiger partial charge in [-0.2, -0.15) is 0 Å². The molecule has 0 saturated carbocycles. The Balaban J connectivity index is 1.17. The van der Waals surface area contributed by atoms with Crippen LogP contribution in [0.25, 0.3) is 60.6 Å². The third-order valence-corrected chi connectivity index (χ3v) is 17.6. The molecule has 13 rings (SSSR count). The van der Waals surface area contributed by atoms with Crippen molar-refractivity contribution in [3.8, 4) is 16.8 Å². The summed E-state index contributed by atoms with van der Waals surface area (Å²) in [5, 5.41) is 4.80. The lowest BCUT2D eigenvalue weighted by molar-refractivity contribution is 0.588. The highest BCUT2D eigenvalue weighted by molar-refractivity contribution is 7.00. The molecule has 0 N–H and O–H groups in total. The van der Waals surface area contributed by atoms with Crippen molar-refractivity contribution in [1.29, 1.82) is 0 Å². The summed E-state index contributed by atoms with van der Waals surface area (Å²) in [7, 11) is 0. The van der Waals surface area contributed by atoms with Crippen molar-refractivity contribution in [2.45, 2.75) is 132 Å². The molecule has 4 nitrogen and oxygen atoms in total. The second-order valence-electron chi connectivity index (χ2n) is 27.3. The van der Waals surface area contributed by atoms with E-state index in [1.54, 1.807) is 0 Å². The summed E-state index contributed by atoms with van der Waals surface area (Å²) in [5.41, 5.74) is 29.0. The molecule has 2 aliphatic rings. The summed E-state index contributed by atoms with van der Waals surface area (Å²) < 4.78 is 9.24. The maximum absolute atomic E-state index is 6.71. The first-order valence-electron chi connectivity index (χ1n) is 28.6. The molecule has 0 fully saturated rings. The summed E-state index contributed by atoms with van der Waals surface area (Å²) in [6.07, 6.45) is 0. The van der Waals surface area contributed by atoms with Gasteiger partial charge in [-0.25, -0.2) is 0 Å². The molecule has 0 aliphatic carbocycles. The van der Waals surface area contributed by atoms with Crippen molar-refractivity contribution in [1.82, 2.24) is 4.57 Å². The van der Waals surface area contributed by atoms with Gasteiger partial charge >= 0.3 is 0 Å². The Bertz CT molecular complexity index is 4300. The van der Waals surface area contributed by atoms with Crippen molar-refractivity contribution < 1.29 is 4.42 Å². The van der Waals surface area contributed by atoms with Crippen molar-refractivity contribution in [2.75, 3.05) is 9.80 Å². The third-order valence-electron chi connectivity index (χ3n) is 17.6. The van der Waals surface area contributed by atoms with Crippen LogP contribution < -0.4 is 26.2 Å². The lowest BCUT2D eigenvalue weighted by Crippen LogP contribution is -2.61. The first-order valence-corrected chi connectivity index (χ1v) is 28.6. The molecule has 4 heterocycles. The van der Waals surface area contributed by atoms with Crippen molar-refractivity contribution in [3.63, 3.8) is 0 Å². The van der Waals surface area contributed by atoms with Gasteiger partial charge in [0.25, 0.3) is 6.71 Å². The van der Waals surface area contributed by atoms with Crippen LogP contribution in [-0.2, 0) is 21.7 Å². The minimum Gasteiger partial charge on any atom is -0.455 e. The Morgan fingerprint density at radius 3 is 1.51 bits per heavy atom. The van der Waals surface area contributed by atoms with E-state index in [2.05, 4.69) is 283 Å². The maximum Gasteiger partial charge on any atom is 0.252 e.